The summed E-state index contributed by atoms with van der Waals surface area (Å²) in [7, 11) is 0. The molecule has 0 radical (unpaired) electrons. The van der Waals surface area contributed by atoms with E-state index >= 15 is 0 Å². The second-order valence-corrected chi connectivity index (χ2v) is 8.06. The van der Waals surface area contributed by atoms with Gasteiger partial charge in [-0.3, -0.25) is 14.4 Å². The lowest BCUT2D eigenvalue weighted by molar-refractivity contribution is -0.149. The summed E-state index contributed by atoms with van der Waals surface area (Å²) in [5, 5.41) is 42.4. The van der Waals surface area contributed by atoms with Gasteiger partial charge in [-0.25, -0.2) is 0 Å². The number of rotatable bonds is 1. The fraction of sp³-hybridized carbons (Fsp3) is 0.350. The maximum absolute atomic E-state index is 13.5. The van der Waals surface area contributed by atoms with Crippen LogP contribution in [-0.2, 0) is 27.0 Å². The van der Waals surface area contributed by atoms with Crippen molar-refractivity contribution in [1.29, 1.82) is 0 Å². The first kappa shape index (κ1) is 21.8. The van der Waals surface area contributed by atoms with Gasteiger partial charge in [-0.1, -0.05) is 0 Å². The van der Waals surface area contributed by atoms with E-state index in [2.05, 4.69) is 0 Å². The number of fused-ring (bicyclic) bond motifs is 3. The number of amides is 1. The summed E-state index contributed by atoms with van der Waals surface area (Å²) in [6.07, 6.45) is -5.68. The first-order valence-electron chi connectivity index (χ1n) is 9.38. The van der Waals surface area contributed by atoms with Gasteiger partial charge in [0.2, 0.25) is 5.78 Å². The molecule has 12 heteroatoms. The zero-order valence-electron chi connectivity index (χ0n) is 16.1. The topological polar surface area (TPSA) is 184 Å². The van der Waals surface area contributed by atoms with E-state index in [1.54, 1.807) is 0 Å². The molecule has 1 saturated carbocycles. The van der Waals surface area contributed by atoms with Crippen molar-refractivity contribution in [2.45, 2.75) is 30.7 Å². The molecular weight excluding hydrogens is 437 g/mol. The van der Waals surface area contributed by atoms with E-state index in [9.17, 15) is 48.0 Å². The highest BCUT2D eigenvalue weighted by Crippen LogP contribution is 2.53. The molecule has 3 aliphatic rings. The van der Waals surface area contributed by atoms with Gasteiger partial charge >= 0.3 is 6.18 Å². The Labute approximate surface area is 177 Å². The highest BCUT2D eigenvalue weighted by molar-refractivity contribution is 6.24. The lowest BCUT2D eigenvalue weighted by Crippen LogP contribution is -2.65. The van der Waals surface area contributed by atoms with Crippen LogP contribution >= 0.6 is 0 Å². The number of nitrogens with two attached hydrogens (primary N) is 2. The van der Waals surface area contributed by atoms with Gasteiger partial charge in [0.25, 0.3) is 5.91 Å². The summed E-state index contributed by atoms with van der Waals surface area (Å²) in [6.45, 7) is 0. The van der Waals surface area contributed by atoms with Crippen molar-refractivity contribution >= 4 is 23.2 Å². The van der Waals surface area contributed by atoms with Crippen molar-refractivity contribution in [3.8, 4) is 5.75 Å². The average Bonchev–Trinajstić information content (AvgIpc) is 2.67. The fourth-order valence-electron chi connectivity index (χ4n) is 4.98. The maximum atomic E-state index is 13.5. The van der Waals surface area contributed by atoms with Crippen molar-refractivity contribution in [1.82, 2.24) is 0 Å². The third kappa shape index (κ3) is 2.62. The smallest absolute Gasteiger partial charge is 0.416 e. The molecule has 1 aromatic rings. The molecule has 0 heterocycles. The Morgan fingerprint density at radius 1 is 1.16 bits per heavy atom. The molecule has 0 saturated heterocycles. The summed E-state index contributed by atoms with van der Waals surface area (Å²) in [6, 6.07) is -0.322. The highest BCUT2D eigenvalue weighted by Gasteiger charge is 2.63. The number of phenols is 1. The molecule has 170 valence electrons. The van der Waals surface area contributed by atoms with E-state index in [1.165, 1.54) is 0 Å². The van der Waals surface area contributed by atoms with Crippen molar-refractivity contribution in [3.63, 3.8) is 0 Å². The molecule has 9 nitrogen and oxygen atoms in total. The van der Waals surface area contributed by atoms with Crippen LogP contribution in [0.2, 0.25) is 0 Å². The number of Topliss-reactive ketones (excluding diaryl/α,β-unsaturated/α-hetero) is 2. The van der Waals surface area contributed by atoms with E-state index in [0.29, 0.717) is 12.1 Å². The van der Waals surface area contributed by atoms with Gasteiger partial charge < -0.3 is 31.9 Å². The minimum atomic E-state index is -4.83. The highest BCUT2D eigenvalue weighted by atomic mass is 19.4. The van der Waals surface area contributed by atoms with Crippen molar-refractivity contribution < 1.29 is 48.0 Å². The Bertz CT molecular complexity index is 1170. The number of alkyl halides is 3. The van der Waals surface area contributed by atoms with E-state index in [-0.39, 0.29) is 6.42 Å². The number of carbonyl (C=O) groups is 3. The second-order valence-electron chi connectivity index (χ2n) is 8.06. The van der Waals surface area contributed by atoms with E-state index in [0.717, 1.165) is 0 Å². The van der Waals surface area contributed by atoms with Crippen LogP contribution in [0, 0.1) is 11.8 Å². The predicted octanol–water partition coefficient (Wildman–Crippen LogP) is 0.380. The van der Waals surface area contributed by atoms with Crippen LogP contribution < -0.4 is 11.5 Å². The molecule has 0 spiro atoms. The third-order valence-electron chi connectivity index (χ3n) is 6.44. The summed E-state index contributed by atoms with van der Waals surface area (Å²) in [5.41, 5.74) is 4.16. The molecule has 32 heavy (non-hydrogen) atoms. The van der Waals surface area contributed by atoms with E-state index in [1.807, 2.05) is 0 Å². The number of halogens is 3. The molecule has 1 aromatic carbocycles. The van der Waals surface area contributed by atoms with Gasteiger partial charge in [-0.2, -0.15) is 13.2 Å². The number of primary amides is 1. The predicted molar refractivity (Wildman–Crippen MR) is 99.7 cm³/mol. The Balaban J connectivity index is 1.98. The zero-order chi connectivity index (χ0) is 23.9. The molecule has 0 aromatic heterocycles. The molecule has 8 N–H and O–H groups in total. The van der Waals surface area contributed by atoms with E-state index < -0.39 is 98.7 Å². The molecular formula is C20H17F3N2O7. The average molecular weight is 454 g/mol. The van der Waals surface area contributed by atoms with Crippen LogP contribution in [0.3, 0.4) is 0 Å². The van der Waals surface area contributed by atoms with Gasteiger partial charge in [0.1, 0.15) is 22.8 Å². The summed E-state index contributed by atoms with van der Waals surface area (Å²) in [4.78, 5) is 37.3. The monoisotopic (exact) mass is 454 g/mol. The Morgan fingerprint density at radius 3 is 2.34 bits per heavy atom. The summed E-state index contributed by atoms with van der Waals surface area (Å²) < 4.78 is 40.5. The molecule has 4 rings (SSSR count). The van der Waals surface area contributed by atoms with E-state index in [4.69, 9.17) is 11.5 Å². The summed E-state index contributed by atoms with van der Waals surface area (Å²) >= 11 is 0. The Kier molecular flexibility index (Phi) is 4.48. The number of aliphatic hydroxyl groups is 3. The van der Waals surface area contributed by atoms with Crippen molar-refractivity contribution in [2.24, 2.45) is 23.3 Å². The number of hydrogen-bond donors (Lipinski definition) is 6. The van der Waals surface area contributed by atoms with Crippen LogP contribution in [0.1, 0.15) is 23.1 Å². The van der Waals surface area contributed by atoms with Gasteiger partial charge in [-0.05, 0) is 36.5 Å². The number of aromatic hydroxyl groups is 1. The number of phenolic OH excluding ortho intramolecular Hbond substituents is 1. The standard InChI is InChI=1S/C20H17F3N2O7/c21-20(22,23)7-1-2-9(26)11-6(7)3-5-4-8-13(24)15(28)12(18(25)31)17(30)19(8,32)16(29)10(5)14(11)27/h1-2,5,8,13,26-27,30,32H,3-4,24H2,(H2,25,31)/t5-,8-,13+,19-/m0/s1. The first-order valence-corrected chi connectivity index (χ1v) is 9.38. The Hall–Kier alpha value is -3.38. The van der Waals surface area contributed by atoms with Crippen LogP contribution in [-0.4, -0.2) is 49.5 Å². The van der Waals surface area contributed by atoms with Gasteiger partial charge in [0.15, 0.2) is 11.4 Å². The van der Waals surface area contributed by atoms with Crippen molar-refractivity contribution in [3.05, 3.63) is 45.7 Å². The minimum Gasteiger partial charge on any atom is -0.508 e. The normalized spacial score (nSPS) is 30.1. The van der Waals surface area contributed by atoms with Crippen LogP contribution in [0.4, 0.5) is 13.2 Å². The lowest BCUT2D eigenvalue weighted by atomic mass is 9.57. The SMILES string of the molecule is NC(=O)C1=C(O)[C@@]2(O)C(=O)C3=C(O)c4c(O)ccc(C(F)(F)F)c4C[C@H]3C[C@H]2[C@@H](N)C1=O. The lowest BCUT2D eigenvalue weighted by Gasteiger charge is -2.48. The molecule has 0 bridgehead atoms. The molecule has 0 unspecified atom stereocenters. The summed E-state index contributed by atoms with van der Waals surface area (Å²) in [5.74, 6) is -9.60. The largest absolute Gasteiger partial charge is 0.508 e. The third-order valence-corrected chi connectivity index (χ3v) is 6.44. The van der Waals surface area contributed by atoms with Gasteiger partial charge in [-0.15, -0.1) is 0 Å². The fourth-order valence-corrected chi connectivity index (χ4v) is 4.98. The number of carbonyl (C=O) groups excluding carboxylic acids is 3. The maximum Gasteiger partial charge on any atom is 0.416 e. The van der Waals surface area contributed by atoms with Gasteiger partial charge in [0.05, 0.1) is 17.2 Å². The molecule has 1 amide bonds. The number of ketones is 2. The van der Waals surface area contributed by atoms with Crippen LogP contribution in [0.5, 0.6) is 5.75 Å². The van der Waals surface area contributed by atoms with Crippen molar-refractivity contribution in [2.75, 3.05) is 0 Å². The first-order chi connectivity index (χ1) is 14.7. The quantitative estimate of drug-likeness (QED) is 0.329. The number of hydrogen-bond acceptors (Lipinski definition) is 8. The molecule has 0 aliphatic heterocycles. The Morgan fingerprint density at radius 2 is 1.78 bits per heavy atom. The zero-order valence-corrected chi connectivity index (χ0v) is 16.1. The second kappa shape index (κ2) is 6.56. The molecule has 3 aliphatic carbocycles. The van der Waals surface area contributed by atoms with Crippen LogP contribution in [0.15, 0.2) is 29.0 Å². The number of aliphatic hydroxyl groups excluding tert-OH is 2. The minimum absolute atomic E-state index is 0.378. The molecule has 4 atom stereocenters. The number of benzene rings is 1. The molecule has 1 fully saturated rings. The van der Waals surface area contributed by atoms with Crippen LogP contribution in [0.25, 0.3) is 5.76 Å². The van der Waals surface area contributed by atoms with Gasteiger partial charge in [0, 0.05) is 11.5 Å².